The fraction of sp³-hybridized carbons (Fsp3) is 0.529. The minimum absolute atomic E-state index is 0.0404. The predicted octanol–water partition coefficient (Wildman–Crippen LogP) is 1.74. The van der Waals surface area contributed by atoms with E-state index in [1.807, 2.05) is 54.0 Å². The molecule has 3 rings (SSSR count). The Labute approximate surface area is 142 Å². The maximum Gasteiger partial charge on any atom is 0.274 e. The number of carbonyl (C=O) groups is 1. The molecule has 24 heavy (non-hydrogen) atoms. The highest BCUT2D eigenvalue weighted by Crippen LogP contribution is 2.21. The Morgan fingerprint density at radius 3 is 2.75 bits per heavy atom. The average Bonchev–Trinajstić information content (AvgIpc) is 3.00. The van der Waals surface area contributed by atoms with Crippen LogP contribution in [0.5, 0.6) is 0 Å². The van der Waals surface area contributed by atoms with E-state index in [9.17, 15) is 4.79 Å². The summed E-state index contributed by atoms with van der Waals surface area (Å²) < 4.78 is 1.92. The zero-order chi connectivity index (χ0) is 17.1. The molecule has 0 saturated carbocycles. The lowest BCUT2D eigenvalue weighted by molar-refractivity contribution is 0.0576. The lowest BCUT2D eigenvalue weighted by Crippen LogP contribution is -2.46. The van der Waals surface area contributed by atoms with Crippen LogP contribution in [-0.2, 0) is 6.54 Å². The van der Waals surface area contributed by atoms with Crippen molar-refractivity contribution < 1.29 is 4.79 Å². The number of aromatic nitrogens is 4. The van der Waals surface area contributed by atoms with E-state index in [-0.39, 0.29) is 11.9 Å². The van der Waals surface area contributed by atoms with E-state index in [1.54, 1.807) is 6.07 Å². The van der Waals surface area contributed by atoms with E-state index in [1.165, 1.54) is 0 Å². The molecule has 0 spiro atoms. The van der Waals surface area contributed by atoms with E-state index in [0.717, 1.165) is 43.7 Å². The van der Waals surface area contributed by atoms with Crippen molar-refractivity contribution in [3.05, 3.63) is 35.8 Å². The highest BCUT2D eigenvalue weighted by atomic mass is 16.2. The first kappa shape index (κ1) is 16.4. The Kier molecular flexibility index (Phi) is 4.78. The van der Waals surface area contributed by atoms with Gasteiger partial charge in [0.25, 0.3) is 5.91 Å². The molecule has 7 nitrogen and oxygen atoms in total. The number of aryl methyl sites for hydroxylation is 1. The second-order valence-electron chi connectivity index (χ2n) is 6.56. The molecular weight excluding hydrogens is 304 g/mol. The van der Waals surface area contributed by atoms with Crippen molar-refractivity contribution in [2.75, 3.05) is 25.5 Å². The first-order valence-electron chi connectivity index (χ1n) is 8.35. The highest BCUT2D eigenvalue weighted by molar-refractivity contribution is 5.92. The van der Waals surface area contributed by atoms with E-state index in [0.29, 0.717) is 5.69 Å². The van der Waals surface area contributed by atoms with Gasteiger partial charge in [0.2, 0.25) is 0 Å². The van der Waals surface area contributed by atoms with E-state index < -0.39 is 0 Å². The van der Waals surface area contributed by atoms with Gasteiger partial charge in [0.15, 0.2) is 11.5 Å². The number of amides is 1. The maximum atomic E-state index is 12.9. The van der Waals surface area contributed by atoms with Gasteiger partial charge in [-0.05, 0) is 43.9 Å². The summed E-state index contributed by atoms with van der Waals surface area (Å²) in [6.45, 7) is 3.51. The van der Waals surface area contributed by atoms with Crippen LogP contribution in [0.3, 0.4) is 0 Å². The molecule has 1 amide bonds. The molecule has 0 unspecified atom stereocenters. The fourth-order valence-electron chi connectivity index (χ4n) is 3.07. The first-order chi connectivity index (χ1) is 11.5. The van der Waals surface area contributed by atoms with Crippen LogP contribution in [0.15, 0.2) is 24.5 Å². The van der Waals surface area contributed by atoms with Crippen LogP contribution in [0.1, 0.15) is 35.3 Å². The monoisotopic (exact) mass is 328 g/mol. The Morgan fingerprint density at radius 2 is 2.12 bits per heavy atom. The molecule has 0 aliphatic carbocycles. The summed E-state index contributed by atoms with van der Waals surface area (Å²) in [6, 6.07) is 3.74. The molecule has 1 saturated heterocycles. The van der Waals surface area contributed by atoms with Crippen molar-refractivity contribution >= 4 is 11.7 Å². The van der Waals surface area contributed by atoms with Gasteiger partial charge in [0, 0.05) is 26.8 Å². The third-order valence-corrected chi connectivity index (χ3v) is 4.38. The molecule has 2 aromatic heterocycles. The predicted molar refractivity (Wildman–Crippen MR) is 92.0 cm³/mol. The molecule has 0 aromatic carbocycles. The first-order valence-corrected chi connectivity index (χ1v) is 8.35. The Bertz CT molecular complexity index is 693. The second kappa shape index (κ2) is 6.98. The van der Waals surface area contributed by atoms with Crippen molar-refractivity contribution in [2.24, 2.45) is 0 Å². The van der Waals surface area contributed by atoms with Gasteiger partial charge in [-0.25, -0.2) is 0 Å². The number of hydrogen-bond acceptors (Lipinski definition) is 5. The molecule has 0 bridgehead atoms. The summed E-state index contributed by atoms with van der Waals surface area (Å²) in [5.41, 5.74) is 1.54. The van der Waals surface area contributed by atoms with Gasteiger partial charge in [0.05, 0.1) is 18.8 Å². The van der Waals surface area contributed by atoms with Crippen LogP contribution in [-0.4, -0.2) is 57.5 Å². The Balaban J connectivity index is 1.75. The summed E-state index contributed by atoms with van der Waals surface area (Å²) in [5, 5.41) is 12.6. The Hall–Kier alpha value is -2.44. The lowest BCUT2D eigenvalue weighted by Gasteiger charge is -2.35. The van der Waals surface area contributed by atoms with Crippen molar-refractivity contribution in [3.8, 4) is 0 Å². The molecule has 1 fully saturated rings. The van der Waals surface area contributed by atoms with Gasteiger partial charge < -0.3 is 9.80 Å². The summed E-state index contributed by atoms with van der Waals surface area (Å²) >= 11 is 0. The lowest BCUT2D eigenvalue weighted by atomic mass is 10.0. The molecule has 0 N–H and O–H groups in total. The summed E-state index contributed by atoms with van der Waals surface area (Å²) in [4.78, 5) is 16.7. The number of carbonyl (C=O) groups excluding carboxylic acids is 1. The van der Waals surface area contributed by atoms with Crippen LogP contribution in [0.2, 0.25) is 0 Å². The normalized spacial score (nSPS) is 17.8. The number of hydrogen-bond donors (Lipinski definition) is 0. The van der Waals surface area contributed by atoms with Crippen LogP contribution < -0.4 is 4.90 Å². The SMILES string of the molecule is Cc1cnn(C[C@H]2CCCCN2C(=O)c2ccc(N(C)C)nn2)c1. The molecule has 3 heterocycles. The minimum atomic E-state index is -0.0404. The summed E-state index contributed by atoms with van der Waals surface area (Å²) in [5.74, 6) is 0.704. The third kappa shape index (κ3) is 3.55. The fourth-order valence-corrected chi connectivity index (χ4v) is 3.07. The quantitative estimate of drug-likeness (QED) is 0.855. The van der Waals surface area contributed by atoms with Crippen molar-refractivity contribution in [1.82, 2.24) is 24.9 Å². The molecule has 1 atom stereocenters. The molecule has 2 aromatic rings. The number of likely N-dealkylation sites (tertiary alicyclic amines) is 1. The van der Waals surface area contributed by atoms with Crippen molar-refractivity contribution in [3.63, 3.8) is 0 Å². The summed E-state index contributed by atoms with van der Waals surface area (Å²) in [6.07, 6.45) is 7.03. The highest BCUT2D eigenvalue weighted by Gasteiger charge is 2.29. The van der Waals surface area contributed by atoms with Gasteiger partial charge in [-0.1, -0.05) is 0 Å². The largest absolute Gasteiger partial charge is 0.361 e. The van der Waals surface area contributed by atoms with E-state index in [4.69, 9.17) is 0 Å². The molecule has 0 radical (unpaired) electrons. The van der Waals surface area contributed by atoms with Crippen LogP contribution in [0, 0.1) is 6.92 Å². The molecule has 1 aliphatic rings. The average molecular weight is 328 g/mol. The van der Waals surface area contributed by atoms with Gasteiger partial charge in [-0.3, -0.25) is 9.48 Å². The van der Waals surface area contributed by atoms with E-state index in [2.05, 4.69) is 15.3 Å². The molecule has 7 heteroatoms. The maximum absolute atomic E-state index is 12.9. The summed E-state index contributed by atoms with van der Waals surface area (Å²) in [7, 11) is 3.80. The molecular formula is C17H24N6O. The van der Waals surface area contributed by atoms with Gasteiger partial charge in [0.1, 0.15) is 0 Å². The van der Waals surface area contributed by atoms with E-state index >= 15 is 0 Å². The van der Waals surface area contributed by atoms with Gasteiger partial charge in [-0.15, -0.1) is 10.2 Å². The number of rotatable bonds is 4. The van der Waals surface area contributed by atoms with Crippen LogP contribution in [0.4, 0.5) is 5.82 Å². The molecule has 128 valence electrons. The zero-order valence-electron chi connectivity index (χ0n) is 14.5. The van der Waals surface area contributed by atoms with Crippen molar-refractivity contribution in [1.29, 1.82) is 0 Å². The van der Waals surface area contributed by atoms with Gasteiger partial charge >= 0.3 is 0 Å². The number of anilines is 1. The minimum Gasteiger partial charge on any atom is -0.361 e. The third-order valence-electron chi connectivity index (χ3n) is 4.38. The zero-order valence-corrected chi connectivity index (χ0v) is 14.5. The molecule has 1 aliphatic heterocycles. The topological polar surface area (TPSA) is 67.2 Å². The standard InChI is InChI=1S/C17H24N6O/c1-13-10-18-22(11-13)12-14-6-4-5-9-23(14)17(24)15-7-8-16(20-19-15)21(2)3/h7-8,10-11,14H,4-6,9,12H2,1-3H3/t14-/m1/s1. The van der Waals surface area contributed by atoms with Crippen LogP contribution >= 0.6 is 0 Å². The number of piperidine rings is 1. The Morgan fingerprint density at radius 1 is 1.29 bits per heavy atom. The van der Waals surface area contributed by atoms with Crippen molar-refractivity contribution in [2.45, 2.75) is 38.8 Å². The smallest absolute Gasteiger partial charge is 0.274 e. The number of nitrogens with zero attached hydrogens (tertiary/aromatic N) is 6. The second-order valence-corrected chi connectivity index (χ2v) is 6.56. The van der Waals surface area contributed by atoms with Gasteiger partial charge in [-0.2, -0.15) is 5.10 Å². The van der Waals surface area contributed by atoms with Crippen LogP contribution in [0.25, 0.3) is 0 Å².